The molecule has 0 saturated carbocycles. The van der Waals surface area contributed by atoms with Crippen LogP contribution < -0.4 is 9.47 Å². The van der Waals surface area contributed by atoms with Crippen LogP contribution in [0.5, 0.6) is 11.5 Å². The first-order valence-electron chi connectivity index (χ1n) is 4.16. The summed E-state index contributed by atoms with van der Waals surface area (Å²) in [5, 5.41) is 0. The largest absolute Gasteiger partial charge is 0.497 e. The molecule has 1 aromatic carbocycles. The van der Waals surface area contributed by atoms with Gasteiger partial charge in [0.1, 0.15) is 11.5 Å². The average Bonchev–Trinajstić information content (AvgIpc) is 2.19. The minimum absolute atomic E-state index is 0.393. The molecule has 0 N–H and O–H groups in total. The first-order valence-corrected chi connectivity index (χ1v) is 4.16. The molecule has 0 atom stereocenters. The summed E-state index contributed by atoms with van der Waals surface area (Å²) in [6.07, 6.45) is -0.393. The molecule has 1 amide bonds. The molecule has 0 aliphatic rings. The van der Waals surface area contributed by atoms with Gasteiger partial charge in [-0.05, 0) is 24.3 Å². The first-order chi connectivity index (χ1) is 6.63. The smallest absolute Gasteiger partial charge is 0.414 e. The van der Waals surface area contributed by atoms with Crippen LogP contribution in [0.1, 0.15) is 0 Å². The molecule has 0 aromatic heterocycles. The van der Waals surface area contributed by atoms with Crippen LogP contribution in [0.25, 0.3) is 0 Å². The Balaban J connectivity index is 2.64. The number of methoxy groups -OCH3 is 1. The van der Waals surface area contributed by atoms with E-state index in [1.807, 2.05) is 0 Å². The highest BCUT2D eigenvalue weighted by Crippen LogP contribution is 2.17. The molecule has 14 heavy (non-hydrogen) atoms. The quantitative estimate of drug-likeness (QED) is 0.721. The van der Waals surface area contributed by atoms with Gasteiger partial charge >= 0.3 is 6.09 Å². The Morgan fingerprint density at radius 3 is 2.07 bits per heavy atom. The lowest BCUT2D eigenvalue weighted by molar-refractivity contribution is 0.172. The van der Waals surface area contributed by atoms with Crippen LogP contribution in [0.15, 0.2) is 24.3 Å². The highest BCUT2D eigenvalue weighted by molar-refractivity contribution is 5.69. The number of ether oxygens (including phenoxy) is 2. The van der Waals surface area contributed by atoms with Gasteiger partial charge in [0, 0.05) is 14.1 Å². The summed E-state index contributed by atoms with van der Waals surface area (Å²) in [7, 11) is 4.85. The third kappa shape index (κ3) is 2.65. The third-order valence-electron chi connectivity index (χ3n) is 1.63. The van der Waals surface area contributed by atoms with Crippen molar-refractivity contribution in [2.24, 2.45) is 0 Å². The van der Waals surface area contributed by atoms with Gasteiger partial charge in [-0.1, -0.05) is 0 Å². The number of benzene rings is 1. The van der Waals surface area contributed by atoms with Gasteiger partial charge in [0.15, 0.2) is 0 Å². The minimum Gasteiger partial charge on any atom is -0.497 e. The van der Waals surface area contributed by atoms with E-state index in [1.54, 1.807) is 45.5 Å². The Kier molecular flexibility index (Phi) is 3.34. The Morgan fingerprint density at radius 1 is 1.14 bits per heavy atom. The average molecular weight is 195 g/mol. The zero-order valence-corrected chi connectivity index (χ0v) is 8.48. The molecule has 1 aromatic rings. The van der Waals surface area contributed by atoms with Crippen LogP contribution in [-0.2, 0) is 0 Å². The second-order valence-corrected chi connectivity index (χ2v) is 2.94. The van der Waals surface area contributed by atoms with Crippen molar-refractivity contribution in [3.05, 3.63) is 24.3 Å². The molecule has 0 unspecified atom stereocenters. The molecule has 0 spiro atoms. The maximum absolute atomic E-state index is 11.1. The summed E-state index contributed by atoms with van der Waals surface area (Å²) in [5.41, 5.74) is 0. The van der Waals surface area contributed by atoms with Crippen LogP contribution in [0.3, 0.4) is 0 Å². The number of amides is 1. The summed E-state index contributed by atoms with van der Waals surface area (Å²) in [5.74, 6) is 1.24. The fourth-order valence-corrected chi connectivity index (χ4v) is 0.836. The summed E-state index contributed by atoms with van der Waals surface area (Å²) in [6, 6.07) is 6.83. The predicted octanol–water partition coefficient (Wildman–Crippen LogP) is 1.76. The lowest BCUT2D eigenvalue weighted by atomic mass is 10.3. The summed E-state index contributed by atoms with van der Waals surface area (Å²) in [6.45, 7) is 0. The summed E-state index contributed by atoms with van der Waals surface area (Å²) in [4.78, 5) is 12.5. The molecular weight excluding hydrogens is 182 g/mol. The highest BCUT2D eigenvalue weighted by Gasteiger charge is 2.05. The normalized spacial score (nSPS) is 9.36. The van der Waals surface area contributed by atoms with Gasteiger partial charge in [0.05, 0.1) is 7.11 Å². The zero-order chi connectivity index (χ0) is 10.6. The molecule has 0 fully saturated rings. The fourth-order valence-electron chi connectivity index (χ4n) is 0.836. The fraction of sp³-hybridized carbons (Fsp3) is 0.300. The Labute approximate surface area is 83.0 Å². The maximum atomic E-state index is 11.1. The van der Waals surface area contributed by atoms with E-state index in [4.69, 9.17) is 9.47 Å². The number of carbonyl (C=O) groups excluding carboxylic acids is 1. The van der Waals surface area contributed by atoms with Crippen molar-refractivity contribution in [1.82, 2.24) is 4.90 Å². The van der Waals surface area contributed by atoms with E-state index in [2.05, 4.69) is 0 Å². The number of hydrogen-bond donors (Lipinski definition) is 0. The number of rotatable bonds is 2. The molecule has 4 heteroatoms. The van der Waals surface area contributed by atoms with Crippen molar-refractivity contribution in [3.63, 3.8) is 0 Å². The van der Waals surface area contributed by atoms with E-state index in [0.717, 1.165) is 5.75 Å². The molecule has 0 radical (unpaired) electrons. The van der Waals surface area contributed by atoms with Crippen molar-refractivity contribution >= 4 is 6.09 Å². The predicted molar refractivity (Wildman–Crippen MR) is 52.7 cm³/mol. The van der Waals surface area contributed by atoms with Gasteiger partial charge in [-0.25, -0.2) is 4.79 Å². The lowest BCUT2D eigenvalue weighted by Gasteiger charge is -2.10. The van der Waals surface area contributed by atoms with Crippen LogP contribution in [0.4, 0.5) is 4.79 Å². The van der Waals surface area contributed by atoms with E-state index in [-0.39, 0.29) is 0 Å². The van der Waals surface area contributed by atoms with Crippen molar-refractivity contribution in [2.75, 3.05) is 21.2 Å². The van der Waals surface area contributed by atoms with Crippen LogP contribution in [0, 0.1) is 0 Å². The molecular formula is C10H13NO3. The topological polar surface area (TPSA) is 38.8 Å². The van der Waals surface area contributed by atoms with Gasteiger partial charge in [-0.2, -0.15) is 0 Å². The molecule has 0 aliphatic heterocycles. The Morgan fingerprint density at radius 2 is 1.64 bits per heavy atom. The lowest BCUT2D eigenvalue weighted by Crippen LogP contribution is -2.25. The zero-order valence-electron chi connectivity index (χ0n) is 8.48. The summed E-state index contributed by atoms with van der Waals surface area (Å²) >= 11 is 0. The van der Waals surface area contributed by atoms with Gasteiger partial charge in [-0.3, -0.25) is 0 Å². The van der Waals surface area contributed by atoms with Crippen molar-refractivity contribution in [3.8, 4) is 11.5 Å². The van der Waals surface area contributed by atoms with E-state index < -0.39 is 6.09 Å². The highest BCUT2D eigenvalue weighted by atomic mass is 16.6. The maximum Gasteiger partial charge on any atom is 0.414 e. The van der Waals surface area contributed by atoms with E-state index in [0.29, 0.717) is 5.75 Å². The summed E-state index contributed by atoms with van der Waals surface area (Å²) < 4.78 is 9.98. The van der Waals surface area contributed by atoms with Gasteiger partial charge in [-0.15, -0.1) is 0 Å². The van der Waals surface area contributed by atoms with Crippen molar-refractivity contribution in [1.29, 1.82) is 0 Å². The Hall–Kier alpha value is -1.71. The molecule has 0 heterocycles. The third-order valence-corrected chi connectivity index (χ3v) is 1.63. The first kappa shape index (κ1) is 10.4. The van der Waals surface area contributed by atoms with Gasteiger partial charge in [0.2, 0.25) is 0 Å². The number of carbonyl (C=O) groups is 1. The van der Waals surface area contributed by atoms with Crippen molar-refractivity contribution in [2.45, 2.75) is 0 Å². The SMILES string of the molecule is COc1ccc(OC(=O)N(C)C)cc1. The monoisotopic (exact) mass is 195 g/mol. The molecule has 1 rings (SSSR count). The Bertz CT molecular complexity index is 306. The molecule has 0 saturated heterocycles. The van der Waals surface area contributed by atoms with E-state index in [1.165, 1.54) is 4.90 Å². The second kappa shape index (κ2) is 4.50. The second-order valence-electron chi connectivity index (χ2n) is 2.94. The van der Waals surface area contributed by atoms with Gasteiger partial charge in [0.25, 0.3) is 0 Å². The molecule has 0 aliphatic carbocycles. The van der Waals surface area contributed by atoms with Crippen LogP contribution in [0.2, 0.25) is 0 Å². The molecule has 0 bridgehead atoms. The molecule has 4 nitrogen and oxygen atoms in total. The number of hydrogen-bond acceptors (Lipinski definition) is 3. The van der Waals surface area contributed by atoms with Gasteiger partial charge < -0.3 is 14.4 Å². The minimum atomic E-state index is -0.393. The van der Waals surface area contributed by atoms with E-state index >= 15 is 0 Å². The molecule has 76 valence electrons. The van der Waals surface area contributed by atoms with E-state index in [9.17, 15) is 4.79 Å². The van der Waals surface area contributed by atoms with Crippen LogP contribution >= 0.6 is 0 Å². The standard InChI is InChI=1S/C10H13NO3/c1-11(2)10(12)14-9-6-4-8(13-3)5-7-9/h4-7H,1-3H3. The number of nitrogens with zero attached hydrogens (tertiary/aromatic N) is 1. The van der Waals surface area contributed by atoms with Crippen LogP contribution in [-0.4, -0.2) is 32.2 Å². The van der Waals surface area contributed by atoms with Crippen molar-refractivity contribution < 1.29 is 14.3 Å².